The monoisotopic (exact) mass is 479 g/mol. The molecule has 4 nitrogen and oxygen atoms in total. The molecule has 0 fully saturated rings. The summed E-state index contributed by atoms with van der Waals surface area (Å²) in [7, 11) is 0. The van der Waals surface area contributed by atoms with Crippen molar-refractivity contribution in [3.8, 4) is 0 Å². The fourth-order valence-electron chi connectivity index (χ4n) is 2.73. The summed E-state index contributed by atoms with van der Waals surface area (Å²) in [6.45, 7) is 6.33. The molecule has 26 heavy (non-hydrogen) atoms. The van der Waals surface area contributed by atoms with Crippen LogP contribution in [0.4, 0.5) is 5.69 Å². The predicted octanol–water partition coefficient (Wildman–Crippen LogP) is 5.37. The molecule has 1 N–H and O–H groups in total. The highest BCUT2D eigenvalue weighted by molar-refractivity contribution is 14.1. The van der Waals surface area contributed by atoms with Crippen molar-refractivity contribution in [2.75, 3.05) is 5.32 Å². The Morgan fingerprint density at radius 3 is 2.50 bits per heavy atom. The SMILES string of the molecule is Cc1ccc(Cn2nc(C)c(C(=O)Nc3ccc(I)cc3C)c2Cl)cc1. The summed E-state index contributed by atoms with van der Waals surface area (Å²) in [5.74, 6) is -0.244. The van der Waals surface area contributed by atoms with Crippen LogP contribution in [-0.4, -0.2) is 15.7 Å². The Hall–Kier alpha value is -1.86. The molecule has 2 aromatic carbocycles. The van der Waals surface area contributed by atoms with E-state index in [2.05, 4.69) is 33.0 Å². The fourth-order valence-corrected chi connectivity index (χ4v) is 3.70. The number of hydrogen-bond acceptors (Lipinski definition) is 2. The zero-order valence-corrected chi connectivity index (χ0v) is 17.7. The third kappa shape index (κ3) is 4.10. The zero-order chi connectivity index (χ0) is 18.8. The minimum absolute atomic E-state index is 0.244. The third-order valence-corrected chi connectivity index (χ3v) is 5.24. The Morgan fingerprint density at radius 2 is 1.85 bits per heavy atom. The molecule has 0 atom stereocenters. The van der Waals surface area contributed by atoms with Gasteiger partial charge in [0.25, 0.3) is 5.91 Å². The maximum atomic E-state index is 12.8. The van der Waals surface area contributed by atoms with E-state index in [0.717, 1.165) is 20.4 Å². The average Bonchev–Trinajstić information content (AvgIpc) is 2.86. The van der Waals surface area contributed by atoms with E-state index >= 15 is 0 Å². The minimum atomic E-state index is -0.244. The number of amides is 1. The first-order valence-electron chi connectivity index (χ1n) is 8.21. The lowest BCUT2D eigenvalue weighted by molar-refractivity contribution is 0.102. The van der Waals surface area contributed by atoms with Gasteiger partial charge in [-0.2, -0.15) is 5.10 Å². The summed E-state index contributed by atoms with van der Waals surface area (Å²) in [5, 5.41) is 7.74. The van der Waals surface area contributed by atoms with Gasteiger partial charge >= 0.3 is 0 Å². The van der Waals surface area contributed by atoms with Crippen molar-refractivity contribution < 1.29 is 4.79 Å². The first-order valence-corrected chi connectivity index (χ1v) is 9.67. The predicted molar refractivity (Wildman–Crippen MR) is 114 cm³/mol. The van der Waals surface area contributed by atoms with E-state index in [0.29, 0.717) is 23.0 Å². The molecular formula is C20H19ClIN3O. The van der Waals surface area contributed by atoms with Crippen LogP contribution >= 0.6 is 34.2 Å². The Labute approximate surface area is 171 Å². The Bertz CT molecular complexity index is 964. The van der Waals surface area contributed by atoms with Crippen LogP contribution in [0.15, 0.2) is 42.5 Å². The molecular weight excluding hydrogens is 461 g/mol. The molecule has 1 aromatic heterocycles. The van der Waals surface area contributed by atoms with Gasteiger partial charge in [0.05, 0.1) is 17.8 Å². The van der Waals surface area contributed by atoms with Crippen LogP contribution in [-0.2, 0) is 6.54 Å². The van der Waals surface area contributed by atoms with Gasteiger partial charge in [0, 0.05) is 9.26 Å². The first-order chi connectivity index (χ1) is 12.3. The van der Waals surface area contributed by atoms with Gasteiger partial charge in [-0.25, -0.2) is 4.68 Å². The summed E-state index contributed by atoms with van der Waals surface area (Å²) in [5.41, 5.74) is 5.09. The number of hydrogen-bond donors (Lipinski definition) is 1. The lowest BCUT2D eigenvalue weighted by atomic mass is 10.1. The maximum Gasteiger partial charge on any atom is 0.260 e. The van der Waals surface area contributed by atoms with Crippen LogP contribution < -0.4 is 5.32 Å². The molecule has 0 unspecified atom stereocenters. The van der Waals surface area contributed by atoms with Gasteiger partial charge in [-0.1, -0.05) is 41.4 Å². The van der Waals surface area contributed by atoms with E-state index in [-0.39, 0.29) is 5.91 Å². The molecule has 1 heterocycles. The van der Waals surface area contributed by atoms with Crippen molar-refractivity contribution in [3.05, 3.63) is 79.1 Å². The van der Waals surface area contributed by atoms with Crippen molar-refractivity contribution in [3.63, 3.8) is 0 Å². The van der Waals surface area contributed by atoms with E-state index < -0.39 is 0 Å². The highest BCUT2D eigenvalue weighted by Crippen LogP contribution is 2.24. The van der Waals surface area contributed by atoms with Gasteiger partial charge in [0.2, 0.25) is 0 Å². The molecule has 0 bridgehead atoms. The maximum absolute atomic E-state index is 12.8. The number of carbonyl (C=O) groups is 1. The largest absolute Gasteiger partial charge is 0.322 e. The topological polar surface area (TPSA) is 46.9 Å². The Kier molecular flexibility index (Phi) is 5.67. The summed E-state index contributed by atoms with van der Waals surface area (Å²) >= 11 is 8.72. The van der Waals surface area contributed by atoms with E-state index in [1.165, 1.54) is 5.56 Å². The van der Waals surface area contributed by atoms with Crippen LogP contribution in [0.2, 0.25) is 5.15 Å². The lowest BCUT2D eigenvalue weighted by Crippen LogP contribution is -2.14. The smallest absolute Gasteiger partial charge is 0.260 e. The second kappa shape index (κ2) is 7.80. The number of anilines is 1. The van der Waals surface area contributed by atoms with Crippen molar-refractivity contribution in [1.29, 1.82) is 0 Å². The number of nitrogens with zero attached hydrogens (tertiary/aromatic N) is 2. The number of carbonyl (C=O) groups excluding carboxylic acids is 1. The molecule has 0 saturated carbocycles. The molecule has 3 aromatic rings. The van der Waals surface area contributed by atoms with Crippen LogP contribution in [0.1, 0.15) is 32.7 Å². The van der Waals surface area contributed by atoms with Gasteiger partial charge in [0.1, 0.15) is 5.15 Å². The number of benzene rings is 2. The van der Waals surface area contributed by atoms with Crippen LogP contribution in [0.25, 0.3) is 0 Å². The van der Waals surface area contributed by atoms with Gasteiger partial charge in [-0.05, 0) is 72.7 Å². The molecule has 3 rings (SSSR count). The van der Waals surface area contributed by atoms with E-state index in [9.17, 15) is 4.79 Å². The highest BCUT2D eigenvalue weighted by atomic mass is 127. The van der Waals surface area contributed by atoms with Gasteiger partial charge in [-0.3, -0.25) is 4.79 Å². The molecule has 0 aliphatic rings. The van der Waals surface area contributed by atoms with Crippen LogP contribution in [0.5, 0.6) is 0 Å². The summed E-state index contributed by atoms with van der Waals surface area (Å²) < 4.78 is 2.79. The molecule has 1 amide bonds. The van der Waals surface area contributed by atoms with E-state index in [1.54, 1.807) is 11.6 Å². The number of aryl methyl sites for hydroxylation is 3. The van der Waals surface area contributed by atoms with E-state index in [4.69, 9.17) is 11.6 Å². The van der Waals surface area contributed by atoms with Gasteiger partial charge in [-0.15, -0.1) is 0 Å². The highest BCUT2D eigenvalue weighted by Gasteiger charge is 2.21. The number of rotatable bonds is 4. The van der Waals surface area contributed by atoms with Crippen molar-refractivity contribution in [2.45, 2.75) is 27.3 Å². The Morgan fingerprint density at radius 1 is 1.15 bits per heavy atom. The molecule has 0 radical (unpaired) electrons. The Balaban J connectivity index is 1.84. The quantitative estimate of drug-likeness (QED) is 0.512. The number of nitrogens with one attached hydrogen (secondary N) is 1. The summed E-state index contributed by atoms with van der Waals surface area (Å²) in [6, 6.07) is 14.0. The summed E-state index contributed by atoms with van der Waals surface area (Å²) in [4.78, 5) is 12.8. The molecule has 0 saturated heterocycles. The minimum Gasteiger partial charge on any atom is -0.322 e. The van der Waals surface area contributed by atoms with Crippen LogP contribution in [0.3, 0.4) is 0 Å². The standard InChI is InChI=1S/C20H19ClIN3O/c1-12-4-6-15(7-5-12)11-25-19(21)18(14(3)24-25)20(26)23-17-9-8-16(22)10-13(17)2/h4-10H,11H2,1-3H3,(H,23,26). The van der Waals surface area contributed by atoms with E-state index in [1.807, 2.05) is 56.3 Å². The lowest BCUT2D eigenvalue weighted by Gasteiger charge is -2.09. The normalized spacial score (nSPS) is 10.8. The second-order valence-electron chi connectivity index (χ2n) is 6.31. The zero-order valence-electron chi connectivity index (χ0n) is 14.8. The molecule has 6 heteroatoms. The number of aromatic nitrogens is 2. The fraction of sp³-hybridized carbons (Fsp3) is 0.200. The first kappa shape index (κ1) is 18.9. The van der Waals surface area contributed by atoms with Crippen molar-refractivity contribution >= 4 is 45.8 Å². The van der Waals surface area contributed by atoms with Crippen LogP contribution in [0, 0.1) is 24.3 Å². The molecule has 0 aliphatic carbocycles. The van der Waals surface area contributed by atoms with Crippen molar-refractivity contribution in [1.82, 2.24) is 9.78 Å². The summed E-state index contributed by atoms with van der Waals surface area (Å²) in [6.07, 6.45) is 0. The van der Waals surface area contributed by atoms with Crippen molar-refractivity contribution in [2.24, 2.45) is 0 Å². The van der Waals surface area contributed by atoms with Gasteiger partial charge < -0.3 is 5.32 Å². The van der Waals surface area contributed by atoms with Gasteiger partial charge in [0.15, 0.2) is 0 Å². The number of halogens is 2. The average molecular weight is 480 g/mol. The molecule has 134 valence electrons. The molecule has 0 aliphatic heterocycles. The second-order valence-corrected chi connectivity index (χ2v) is 7.91. The molecule has 0 spiro atoms. The third-order valence-electron chi connectivity index (χ3n) is 4.18.